The van der Waals surface area contributed by atoms with Crippen LogP contribution in [0.5, 0.6) is 0 Å². The summed E-state index contributed by atoms with van der Waals surface area (Å²) in [4.78, 5) is 12.1. The Bertz CT molecular complexity index is 418. The molecule has 0 aromatic heterocycles. The highest BCUT2D eigenvalue weighted by Gasteiger charge is 2.43. The molecule has 1 saturated heterocycles. The van der Waals surface area contributed by atoms with Crippen molar-refractivity contribution in [1.82, 2.24) is 5.32 Å². The van der Waals surface area contributed by atoms with Crippen LogP contribution in [0.25, 0.3) is 0 Å². The summed E-state index contributed by atoms with van der Waals surface area (Å²) in [5, 5.41) is 3.38. The first kappa shape index (κ1) is 11.7. The van der Waals surface area contributed by atoms with Gasteiger partial charge in [0.05, 0.1) is 5.92 Å². The Hall–Kier alpha value is -1.35. The van der Waals surface area contributed by atoms with E-state index in [1.807, 2.05) is 30.3 Å². The maximum atomic E-state index is 12.1. The van der Waals surface area contributed by atoms with Gasteiger partial charge in [-0.05, 0) is 43.3 Å². The molecule has 96 valence electrons. The van der Waals surface area contributed by atoms with Gasteiger partial charge in [0.25, 0.3) is 0 Å². The molecular weight excluding hydrogens is 226 g/mol. The van der Waals surface area contributed by atoms with Crippen molar-refractivity contribution in [2.45, 2.75) is 19.4 Å². The summed E-state index contributed by atoms with van der Waals surface area (Å²) in [6.45, 7) is 2.46. The van der Waals surface area contributed by atoms with Crippen LogP contribution in [-0.4, -0.2) is 19.1 Å². The van der Waals surface area contributed by atoms with E-state index >= 15 is 0 Å². The predicted molar refractivity (Wildman–Crippen MR) is 68.8 cm³/mol. The summed E-state index contributed by atoms with van der Waals surface area (Å²) in [5.74, 6) is 1.32. The van der Waals surface area contributed by atoms with Crippen molar-refractivity contribution in [3.8, 4) is 0 Å². The summed E-state index contributed by atoms with van der Waals surface area (Å²) in [6, 6.07) is 9.88. The second-order valence-corrected chi connectivity index (χ2v) is 5.36. The minimum Gasteiger partial charge on any atom is -0.461 e. The smallest absolute Gasteiger partial charge is 0.309 e. The number of carbonyl (C=O) groups excluding carboxylic acids is 1. The molecule has 1 aliphatic carbocycles. The molecule has 18 heavy (non-hydrogen) atoms. The number of benzene rings is 1. The predicted octanol–water partition coefficient (Wildman–Crippen LogP) is 1.98. The monoisotopic (exact) mass is 245 g/mol. The fraction of sp³-hybridized carbons (Fsp3) is 0.533. The van der Waals surface area contributed by atoms with E-state index in [9.17, 15) is 4.79 Å². The fourth-order valence-electron chi connectivity index (χ4n) is 3.28. The van der Waals surface area contributed by atoms with Gasteiger partial charge in [-0.2, -0.15) is 0 Å². The van der Waals surface area contributed by atoms with Gasteiger partial charge in [-0.15, -0.1) is 0 Å². The zero-order chi connectivity index (χ0) is 12.4. The topological polar surface area (TPSA) is 38.3 Å². The van der Waals surface area contributed by atoms with Crippen LogP contribution in [0, 0.1) is 17.8 Å². The van der Waals surface area contributed by atoms with Gasteiger partial charge >= 0.3 is 5.97 Å². The third kappa shape index (κ3) is 2.27. The molecule has 3 rings (SSSR count). The molecule has 3 nitrogen and oxygen atoms in total. The van der Waals surface area contributed by atoms with Gasteiger partial charge in [0.1, 0.15) is 6.61 Å². The van der Waals surface area contributed by atoms with E-state index in [0.29, 0.717) is 18.4 Å². The van der Waals surface area contributed by atoms with Crippen LogP contribution in [0.4, 0.5) is 0 Å². The Morgan fingerprint density at radius 1 is 1.22 bits per heavy atom. The number of nitrogens with one attached hydrogen (secondary N) is 1. The lowest BCUT2D eigenvalue weighted by Gasteiger charge is -2.16. The van der Waals surface area contributed by atoms with E-state index in [1.54, 1.807) is 0 Å². The minimum absolute atomic E-state index is 0.00458. The lowest BCUT2D eigenvalue weighted by Crippen LogP contribution is -2.25. The molecule has 2 aliphatic rings. The Morgan fingerprint density at radius 2 is 2.06 bits per heavy atom. The van der Waals surface area contributed by atoms with Crippen molar-refractivity contribution >= 4 is 5.97 Å². The summed E-state index contributed by atoms with van der Waals surface area (Å²) in [6.07, 6.45) is 2.17. The van der Waals surface area contributed by atoms with Crippen LogP contribution < -0.4 is 5.32 Å². The van der Waals surface area contributed by atoms with Gasteiger partial charge in [-0.3, -0.25) is 4.79 Å². The van der Waals surface area contributed by atoms with Crippen LogP contribution in [0.1, 0.15) is 18.4 Å². The molecular formula is C15H19NO2. The average Bonchev–Trinajstić information content (AvgIpc) is 2.99. The van der Waals surface area contributed by atoms with Crippen molar-refractivity contribution in [3.63, 3.8) is 0 Å². The number of rotatable bonds is 3. The zero-order valence-electron chi connectivity index (χ0n) is 10.5. The molecule has 0 spiro atoms. The molecule has 1 aromatic rings. The molecule has 0 bridgehead atoms. The van der Waals surface area contributed by atoms with E-state index in [4.69, 9.17) is 4.74 Å². The molecule has 3 unspecified atom stereocenters. The van der Waals surface area contributed by atoms with Crippen molar-refractivity contribution < 1.29 is 9.53 Å². The van der Waals surface area contributed by atoms with Gasteiger partial charge in [0.15, 0.2) is 0 Å². The van der Waals surface area contributed by atoms with Crippen LogP contribution in [0.3, 0.4) is 0 Å². The molecule has 1 saturated carbocycles. The Balaban J connectivity index is 1.56. The number of ether oxygens (including phenoxy) is 1. The number of hydrogen-bond donors (Lipinski definition) is 1. The lowest BCUT2D eigenvalue weighted by atomic mass is 9.92. The molecule has 1 N–H and O–H groups in total. The van der Waals surface area contributed by atoms with E-state index < -0.39 is 0 Å². The maximum Gasteiger partial charge on any atom is 0.309 e. The van der Waals surface area contributed by atoms with Crippen LogP contribution in [0.15, 0.2) is 30.3 Å². The van der Waals surface area contributed by atoms with Crippen molar-refractivity contribution in [1.29, 1.82) is 0 Å². The van der Waals surface area contributed by atoms with E-state index in [1.165, 1.54) is 6.42 Å². The Morgan fingerprint density at radius 3 is 2.89 bits per heavy atom. The molecule has 3 heteroatoms. The fourth-order valence-corrected chi connectivity index (χ4v) is 3.28. The van der Waals surface area contributed by atoms with Gasteiger partial charge in [0, 0.05) is 0 Å². The molecule has 0 amide bonds. The highest BCUT2D eigenvalue weighted by molar-refractivity contribution is 5.73. The normalized spacial score (nSPS) is 30.1. The standard InChI is InChI=1S/C15H19NO2/c17-15(18-10-11-4-2-1-3-5-11)13-7-6-12-8-16-9-14(12)13/h1-5,12-14,16H,6-10H2. The number of carbonyl (C=O) groups is 1. The summed E-state index contributed by atoms with van der Waals surface area (Å²) >= 11 is 0. The summed E-state index contributed by atoms with van der Waals surface area (Å²) < 4.78 is 5.45. The minimum atomic E-state index is -0.00458. The van der Waals surface area contributed by atoms with Crippen molar-refractivity contribution in [3.05, 3.63) is 35.9 Å². The molecule has 1 aliphatic heterocycles. The van der Waals surface area contributed by atoms with Crippen molar-refractivity contribution in [2.75, 3.05) is 13.1 Å². The molecule has 2 fully saturated rings. The first-order valence-corrected chi connectivity index (χ1v) is 6.76. The van der Waals surface area contributed by atoms with E-state index in [-0.39, 0.29) is 11.9 Å². The largest absolute Gasteiger partial charge is 0.461 e. The number of hydrogen-bond acceptors (Lipinski definition) is 3. The Labute approximate surface area is 108 Å². The van der Waals surface area contributed by atoms with Gasteiger partial charge in [-0.25, -0.2) is 0 Å². The highest BCUT2D eigenvalue weighted by atomic mass is 16.5. The average molecular weight is 245 g/mol. The summed E-state index contributed by atoms with van der Waals surface area (Å²) in [5.41, 5.74) is 1.06. The highest BCUT2D eigenvalue weighted by Crippen LogP contribution is 2.39. The van der Waals surface area contributed by atoms with Crippen LogP contribution in [0.2, 0.25) is 0 Å². The van der Waals surface area contributed by atoms with Crippen molar-refractivity contribution in [2.24, 2.45) is 17.8 Å². The SMILES string of the molecule is O=C(OCc1ccccc1)C1CCC2CNCC21. The van der Waals surface area contributed by atoms with E-state index in [0.717, 1.165) is 25.1 Å². The third-order valence-electron chi connectivity index (χ3n) is 4.28. The second kappa shape index (κ2) is 5.11. The molecule has 1 heterocycles. The maximum absolute atomic E-state index is 12.1. The lowest BCUT2D eigenvalue weighted by molar-refractivity contribution is -0.151. The summed E-state index contributed by atoms with van der Waals surface area (Å²) in [7, 11) is 0. The molecule has 1 aromatic carbocycles. The first-order valence-electron chi connectivity index (χ1n) is 6.76. The third-order valence-corrected chi connectivity index (χ3v) is 4.28. The molecule has 0 radical (unpaired) electrons. The quantitative estimate of drug-likeness (QED) is 0.827. The van der Waals surface area contributed by atoms with E-state index in [2.05, 4.69) is 5.32 Å². The van der Waals surface area contributed by atoms with Crippen LogP contribution >= 0.6 is 0 Å². The Kier molecular flexibility index (Phi) is 3.33. The van der Waals surface area contributed by atoms with Gasteiger partial charge in [-0.1, -0.05) is 30.3 Å². The number of esters is 1. The van der Waals surface area contributed by atoms with Crippen LogP contribution in [-0.2, 0) is 16.1 Å². The van der Waals surface area contributed by atoms with Gasteiger partial charge in [0.2, 0.25) is 0 Å². The first-order chi connectivity index (χ1) is 8.84. The second-order valence-electron chi connectivity index (χ2n) is 5.36. The zero-order valence-corrected chi connectivity index (χ0v) is 10.5. The molecule has 3 atom stereocenters. The number of fused-ring (bicyclic) bond motifs is 1. The van der Waals surface area contributed by atoms with Gasteiger partial charge < -0.3 is 10.1 Å².